The smallest absolute Gasteiger partial charge is 0.369 e. The Morgan fingerprint density at radius 2 is 2.00 bits per heavy atom. The van der Waals surface area contributed by atoms with Crippen LogP contribution in [0.3, 0.4) is 0 Å². The van der Waals surface area contributed by atoms with Crippen LogP contribution in [0.1, 0.15) is 17.5 Å². The van der Waals surface area contributed by atoms with E-state index in [1.54, 1.807) is 6.07 Å². The largest absolute Gasteiger partial charge is 0.416 e. The summed E-state index contributed by atoms with van der Waals surface area (Å²) in [4.78, 5) is 4.07. The van der Waals surface area contributed by atoms with Crippen molar-refractivity contribution in [2.75, 3.05) is 50.8 Å². The van der Waals surface area contributed by atoms with E-state index in [1.165, 1.54) is 12.1 Å². The minimum atomic E-state index is -4.36. The highest BCUT2D eigenvalue weighted by Gasteiger charge is 2.36. The highest BCUT2D eigenvalue weighted by atomic mass is 19.4. The Morgan fingerprint density at radius 1 is 1.23 bits per heavy atom. The van der Waals surface area contributed by atoms with E-state index in [4.69, 9.17) is 11.2 Å². The van der Waals surface area contributed by atoms with Crippen molar-refractivity contribution in [1.29, 1.82) is 0 Å². The molecule has 0 unspecified atom stereocenters. The number of piperazine rings is 1. The van der Waals surface area contributed by atoms with Crippen LogP contribution in [0.2, 0.25) is 0 Å². The van der Waals surface area contributed by atoms with Crippen LogP contribution in [0.5, 0.6) is 0 Å². The fourth-order valence-electron chi connectivity index (χ4n) is 3.64. The van der Waals surface area contributed by atoms with Crippen LogP contribution in [0.4, 0.5) is 18.9 Å². The molecule has 2 aliphatic rings. The van der Waals surface area contributed by atoms with E-state index in [0.717, 1.165) is 32.6 Å². The van der Waals surface area contributed by atoms with Crippen molar-refractivity contribution in [3.05, 3.63) is 29.3 Å². The van der Waals surface area contributed by atoms with Crippen LogP contribution < -0.4 is 10.2 Å². The highest BCUT2D eigenvalue weighted by molar-refractivity contribution is 5.58. The van der Waals surface area contributed by atoms with Crippen LogP contribution in [0.25, 0.3) is 0 Å². The monoisotopic (exact) mass is 367 g/mol. The van der Waals surface area contributed by atoms with Crippen molar-refractivity contribution in [2.45, 2.75) is 25.2 Å². The van der Waals surface area contributed by atoms with E-state index in [0.29, 0.717) is 30.9 Å². The molecule has 0 amide bonds. The number of hydrogen-bond acceptors (Lipinski definition) is 4. The molecule has 0 aromatic heterocycles. The molecular weight excluding hydrogens is 343 g/mol. The fraction of sp³-hybridized carbons (Fsp3) is 0.579. The first-order valence-electron chi connectivity index (χ1n) is 8.91. The third kappa shape index (κ3) is 4.50. The maximum absolute atomic E-state index is 13.6. The van der Waals surface area contributed by atoms with Gasteiger partial charge in [0.2, 0.25) is 0 Å². The summed E-state index contributed by atoms with van der Waals surface area (Å²) in [6, 6.07) is 4.47. The average molecular weight is 367 g/mol. The minimum absolute atomic E-state index is 0.0346. The second kappa shape index (κ2) is 8.30. The van der Waals surface area contributed by atoms with Gasteiger partial charge in [0.25, 0.3) is 0 Å². The first-order valence-corrected chi connectivity index (χ1v) is 8.91. The number of halogens is 3. The Kier molecular flexibility index (Phi) is 6.07. The van der Waals surface area contributed by atoms with Crippen LogP contribution in [-0.2, 0) is 17.5 Å². The Hall–Kier alpha value is -1.75. The summed E-state index contributed by atoms with van der Waals surface area (Å²) in [5.41, 5.74) is 0.478. The second-order valence-corrected chi connectivity index (χ2v) is 6.70. The van der Waals surface area contributed by atoms with Gasteiger partial charge >= 0.3 is 6.18 Å². The Morgan fingerprint density at radius 3 is 2.69 bits per heavy atom. The van der Waals surface area contributed by atoms with E-state index >= 15 is 0 Å². The van der Waals surface area contributed by atoms with Crippen LogP contribution in [0, 0.1) is 12.3 Å². The molecule has 4 nitrogen and oxygen atoms in total. The first-order chi connectivity index (χ1) is 12.5. The summed E-state index contributed by atoms with van der Waals surface area (Å²) >= 11 is 0. The zero-order valence-corrected chi connectivity index (χ0v) is 14.7. The molecule has 3 rings (SSSR count). The number of rotatable bonds is 5. The third-order valence-electron chi connectivity index (χ3n) is 4.94. The molecule has 2 saturated heterocycles. The van der Waals surface area contributed by atoms with Crippen molar-refractivity contribution in [3.8, 4) is 12.3 Å². The highest BCUT2D eigenvalue weighted by Crippen LogP contribution is 2.38. The van der Waals surface area contributed by atoms with Gasteiger partial charge in [-0.05, 0) is 18.6 Å². The molecule has 1 atom stereocenters. The number of nitrogens with zero attached hydrogens (tertiary/aromatic N) is 2. The van der Waals surface area contributed by atoms with E-state index in [2.05, 4.69) is 16.1 Å². The SMILES string of the molecule is C#CCO[C@H]1CCN(c2cccc(C(F)(F)F)c2CN2CCNCC2)C1. The lowest BCUT2D eigenvalue weighted by Gasteiger charge is -2.31. The maximum Gasteiger partial charge on any atom is 0.416 e. The molecular formula is C19H24F3N3O. The number of benzene rings is 1. The quantitative estimate of drug-likeness (QED) is 0.809. The number of ether oxygens (including phenoxy) is 1. The first kappa shape index (κ1) is 19.0. The number of anilines is 1. The van der Waals surface area contributed by atoms with Crippen molar-refractivity contribution in [1.82, 2.24) is 10.2 Å². The molecule has 0 saturated carbocycles. The number of alkyl halides is 3. The van der Waals surface area contributed by atoms with Crippen molar-refractivity contribution in [3.63, 3.8) is 0 Å². The molecule has 0 radical (unpaired) electrons. The molecule has 2 aliphatic heterocycles. The Balaban J connectivity index is 1.85. The summed E-state index contributed by atoms with van der Waals surface area (Å²) in [7, 11) is 0. The van der Waals surface area contributed by atoms with Crippen LogP contribution in [0.15, 0.2) is 18.2 Å². The van der Waals surface area contributed by atoms with Gasteiger partial charge in [0.1, 0.15) is 6.61 Å². The van der Waals surface area contributed by atoms with Gasteiger partial charge in [-0.3, -0.25) is 4.90 Å². The summed E-state index contributed by atoms with van der Waals surface area (Å²) in [6.07, 6.45) is 1.60. The van der Waals surface area contributed by atoms with Gasteiger partial charge in [-0.15, -0.1) is 6.42 Å². The molecule has 2 heterocycles. The Bertz CT molecular complexity index is 650. The van der Waals surface area contributed by atoms with E-state index < -0.39 is 11.7 Å². The lowest BCUT2D eigenvalue weighted by Crippen LogP contribution is -2.43. The lowest BCUT2D eigenvalue weighted by molar-refractivity contribution is -0.138. The summed E-state index contributed by atoms with van der Waals surface area (Å²) in [6.45, 7) is 4.88. The maximum atomic E-state index is 13.6. The van der Waals surface area contributed by atoms with Crippen LogP contribution >= 0.6 is 0 Å². The lowest BCUT2D eigenvalue weighted by atomic mass is 10.0. The molecule has 142 valence electrons. The topological polar surface area (TPSA) is 27.7 Å². The molecule has 1 aromatic rings. The molecule has 0 bridgehead atoms. The fourth-order valence-corrected chi connectivity index (χ4v) is 3.64. The zero-order chi connectivity index (χ0) is 18.6. The Labute approximate surface area is 152 Å². The standard InChI is InChI=1S/C19H24F3N3O/c1-2-12-26-15-6-9-25(13-15)18-5-3-4-17(19(20,21)22)16(18)14-24-10-7-23-8-11-24/h1,3-5,15,23H,6-14H2/t15-/m0/s1. The summed E-state index contributed by atoms with van der Waals surface area (Å²) < 4.78 is 46.4. The minimum Gasteiger partial charge on any atom is -0.369 e. The van der Waals surface area contributed by atoms with Crippen molar-refractivity contribution in [2.24, 2.45) is 0 Å². The number of hydrogen-bond donors (Lipinski definition) is 1. The van der Waals surface area contributed by atoms with Gasteiger partial charge in [-0.2, -0.15) is 13.2 Å². The summed E-state index contributed by atoms with van der Waals surface area (Å²) in [5.74, 6) is 2.44. The van der Waals surface area contributed by atoms with Crippen molar-refractivity contribution < 1.29 is 17.9 Å². The van der Waals surface area contributed by atoms with Gasteiger partial charge in [-0.1, -0.05) is 12.0 Å². The molecule has 1 N–H and O–H groups in total. The second-order valence-electron chi connectivity index (χ2n) is 6.70. The van der Waals surface area contributed by atoms with Gasteiger partial charge in [0.05, 0.1) is 11.7 Å². The number of nitrogens with one attached hydrogen (secondary N) is 1. The normalized spacial score (nSPS) is 21.8. The van der Waals surface area contributed by atoms with E-state index in [9.17, 15) is 13.2 Å². The molecule has 2 fully saturated rings. The van der Waals surface area contributed by atoms with Crippen LogP contribution in [-0.4, -0.2) is 56.9 Å². The van der Waals surface area contributed by atoms with E-state index in [1.807, 2.05) is 4.90 Å². The molecule has 1 aromatic carbocycles. The zero-order valence-electron chi connectivity index (χ0n) is 14.7. The molecule has 7 heteroatoms. The molecule has 0 aliphatic carbocycles. The predicted octanol–water partition coefficient (Wildman–Crippen LogP) is 2.34. The average Bonchev–Trinajstić information content (AvgIpc) is 3.09. The summed E-state index contributed by atoms with van der Waals surface area (Å²) in [5, 5.41) is 3.23. The van der Waals surface area contributed by atoms with Gasteiger partial charge in [0, 0.05) is 57.1 Å². The number of terminal acetylenes is 1. The third-order valence-corrected chi connectivity index (χ3v) is 4.94. The van der Waals surface area contributed by atoms with Gasteiger partial charge in [0.15, 0.2) is 0 Å². The predicted molar refractivity (Wildman–Crippen MR) is 95.0 cm³/mol. The van der Waals surface area contributed by atoms with Gasteiger partial charge < -0.3 is 15.0 Å². The van der Waals surface area contributed by atoms with Gasteiger partial charge in [-0.25, -0.2) is 0 Å². The van der Waals surface area contributed by atoms with Crippen molar-refractivity contribution >= 4 is 5.69 Å². The molecule has 26 heavy (non-hydrogen) atoms. The molecule has 0 spiro atoms. The van der Waals surface area contributed by atoms with E-state index in [-0.39, 0.29) is 12.7 Å².